The van der Waals surface area contributed by atoms with E-state index in [1.54, 1.807) is 6.07 Å². The minimum atomic E-state index is -0.415. The number of hydrogen-bond donors (Lipinski definition) is 1. The van der Waals surface area contributed by atoms with Crippen molar-refractivity contribution in [1.82, 2.24) is 9.97 Å². The fourth-order valence-corrected chi connectivity index (χ4v) is 4.37. The van der Waals surface area contributed by atoms with E-state index in [0.717, 1.165) is 16.0 Å². The topological polar surface area (TPSA) is 72.0 Å². The van der Waals surface area contributed by atoms with Gasteiger partial charge in [-0.3, -0.25) is 4.79 Å². The maximum Gasteiger partial charge on any atom is 0.348 e. The lowest BCUT2D eigenvalue weighted by Gasteiger charge is -2.04. The molecule has 1 aromatic carbocycles. The zero-order valence-electron chi connectivity index (χ0n) is 13.8. The summed E-state index contributed by atoms with van der Waals surface area (Å²) in [6.07, 6.45) is 0. The molecule has 26 heavy (non-hydrogen) atoms. The number of aromatic nitrogens is 2. The molecule has 0 aliphatic carbocycles. The van der Waals surface area contributed by atoms with E-state index in [-0.39, 0.29) is 12.2 Å². The number of hydrogen-bond acceptors (Lipinski definition) is 6. The quantitative estimate of drug-likeness (QED) is 0.532. The minimum absolute atomic E-state index is 0.0699. The molecule has 0 aliphatic heterocycles. The molecule has 4 aromatic rings. The van der Waals surface area contributed by atoms with Crippen LogP contribution in [0.1, 0.15) is 20.4 Å². The fourth-order valence-electron chi connectivity index (χ4n) is 2.64. The summed E-state index contributed by atoms with van der Waals surface area (Å²) in [5, 5.41) is 2.48. The monoisotopic (exact) mass is 382 g/mol. The van der Waals surface area contributed by atoms with Crippen LogP contribution in [-0.2, 0) is 11.3 Å². The summed E-state index contributed by atoms with van der Waals surface area (Å²) in [4.78, 5) is 34.0. The Balaban J connectivity index is 1.60. The predicted molar refractivity (Wildman–Crippen MR) is 104 cm³/mol. The highest BCUT2D eigenvalue weighted by atomic mass is 32.1. The SMILES string of the molecule is Cc1ccc(C(=O)OCc2nc3scc(-c4ccccc4)c3c(=O)[nH]2)s1. The molecule has 0 bridgehead atoms. The molecule has 0 amide bonds. The molecule has 3 heterocycles. The standard InChI is InChI=1S/C19H14N2O3S2/c1-11-7-8-14(26-11)19(23)24-9-15-20-17(22)16-13(10-25-18(16)21-15)12-5-3-2-4-6-12/h2-8,10H,9H2,1H3,(H,20,21,22). The van der Waals surface area contributed by atoms with Gasteiger partial charge in [0.1, 0.15) is 22.1 Å². The third-order valence-corrected chi connectivity index (χ3v) is 5.71. The van der Waals surface area contributed by atoms with Gasteiger partial charge in [-0.1, -0.05) is 30.3 Å². The molecule has 7 heteroatoms. The highest BCUT2D eigenvalue weighted by molar-refractivity contribution is 7.17. The fraction of sp³-hybridized carbons (Fsp3) is 0.105. The Morgan fingerprint density at radius 2 is 2.00 bits per heavy atom. The number of fused-ring (bicyclic) bond motifs is 1. The number of rotatable bonds is 4. The molecule has 5 nitrogen and oxygen atoms in total. The van der Waals surface area contributed by atoms with Crippen molar-refractivity contribution in [2.75, 3.05) is 0 Å². The molecule has 130 valence electrons. The maximum absolute atomic E-state index is 12.5. The molecule has 0 unspecified atom stereocenters. The number of carbonyl (C=O) groups is 1. The van der Waals surface area contributed by atoms with Gasteiger partial charge in [-0.25, -0.2) is 9.78 Å². The van der Waals surface area contributed by atoms with Gasteiger partial charge in [-0.15, -0.1) is 22.7 Å². The average molecular weight is 382 g/mol. The summed E-state index contributed by atoms with van der Waals surface area (Å²) in [6, 6.07) is 13.3. The summed E-state index contributed by atoms with van der Waals surface area (Å²) in [6.45, 7) is 1.86. The summed E-state index contributed by atoms with van der Waals surface area (Å²) in [5.74, 6) is -0.0763. The van der Waals surface area contributed by atoms with E-state index in [9.17, 15) is 9.59 Å². The molecule has 3 aromatic heterocycles. The van der Waals surface area contributed by atoms with Crippen molar-refractivity contribution in [2.45, 2.75) is 13.5 Å². The number of nitrogens with one attached hydrogen (secondary N) is 1. The second kappa shape index (κ2) is 6.86. The van der Waals surface area contributed by atoms with Crippen LogP contribution in [0.4, 0.5) is 0 Å². The lowest BCUT2D eigenvalue weighted by molar-refractivity contribution is 0.0468. The van der Waals surface area contributed by atoms with Crippen molar-refractivity contribution < 1.29 is 9.53 Å². The van der Waals surface area contributed by atoms with Gasteiger partial charge in [0.2, 0.25) is 0 Å². The molecule has 0 aliphatic rings. The molecule has 0 atom stereocenters. The van der Waals surface area contributed by atoms with Crippen LogP contribution >= 0.6 is 22.7 Å². The van der Waals surface area contributed by atoms with Gasteiger partial charge < -0.3 is 9.72 Å². The Kier molecular flexibility index (Phi) is 4.40. The third-order valence-electron chi connectivity index (χ3n) is 3.86. The van der Waals surface area contributed by atoms with Gasteiger partial charge in [-0.2, -0.15) is 0 Å². The van der Waals surface area contributed by atoms with Crippen LogP contribution in [0.15, 0.2) is 52.6 Å². The molecule has 0 saturated heterocycles. The second-order valence-corrected chi connectivity index (χ2v) is 7.84. The van der Waals surface area contributed by atoms with Gasteiger partial charge in [0.05, 0.1) is 5.39 Å². The van der Waals surface area contributed by atoms with Crippen molar-refractivity contribution in [3.8, 4) is 11.1 Å². The first-order valence-electron chi connectivity index (χ1n) is 7.91. The second-order valence-electron chi connectivity index (χ2n) is 5.69. The van der Waals surface area contributed by atoms with Crippen molar-refractivity contribution in [3.05, 3.63) is 73.8 Å². The summed E-state index contributed by atoms with van der Waals surface area (Å²) in [7, 11) is 0. The van der Waals surface area contributed by atoms with E-state index in [1.807, 2.05) is 48.7 Å². The number of nitrogens with zero attached hydrogens (tertiary/aromatic N) is 1. The van der Waals surface area contributed by atoms with Crippen LogP contribution in [0.5, 0.6) is 0 Å². The van der Waals surface area contributed by atoms with Crippen LogP contribution in [0.3, 0.4) is 0 Å². The molecule has 0 saturated carbocycles. The number of esters is 1. The van der Waals surface area contributed by atoms with Crippen molar-refractivity contribution in [3.63, 3.8) is 0 Å². The Bertz CT molecular complexity index is 1140. The number of aromatic amines is 1. The van der Waals surface area contributed by atoms with E-state index in [2.05, 4.69) is 9.97 Å². The molecular formula is C19H14N2O3S2. The largest absolute Gasteiger partial charge is 0.453 e. The summed E-state index contributed by atoms with van der Waals surface area (Å²) >= 11 is 2.77. The smallest absolute Gasteiger partial charge is 0.348 e. The maximum atomic E-state index is 12.5. The lowest BCUT2D eigenvalue weighted by Crippen LogP contribution is -2.13. The van der Waals surface area contributed by atoms with E-state index >= 15 is 0 Å². The van der Waals surface area contributed by atoms with Crippen molar-refractivity contribution >= 4 is 38.9 Å². The zero-order valence-corrected chi connectivity index (χ0v) is 15.4. The Morgan fingerprint density at radius 3 is 2.73 bits per heavy atom. The van der Waals surface area contributed by atoms with Crippen LogP contribution in [0.25, 0.3) is 21.3 Å². The van der Waals surface area contributed by atoms with Crippen LogP contribution < -0.4 is 5.56 Å². The van der Waals surface area contributed by atoms with Gasteiger partial charge in [-0.05, 0) is 24.6 Å². The van der Waals surface area contributed by atoms with E-state index < -0.39 is 5.97 Å². The Labute approximate surface area is 156 Å². The van der Waals surface area contributed by atoms with Crippen molar-refractivity contribution in [2.24, 2.45) is 0 Å². The number of aryl methyl sites for hydroxylation is 1. The minimum Gasteiger partial charge on any atom is -0.453 e. The molecular weight excluding hydrogens is 368 g/mol. The van der Waals surface area contributed by atoms with Gasteiger partial charge in [0, 0.05) is 15.8 Å². The first-order valence-corrected chi connectivity index (χ1v) is 9.61. The van der Waals surface area contributed by atoms with Crippen LogP contribution in [-0.4, -0.2) is 15.9 Å². The normalized spacial score (nSPS) is 11.0. The third kappa shape index (κ3) is 3.18. The Hall–Kier alpha value is -2.77. The van der Waals surface area contributed by atoms with E-state index in [1.165, 1.54) is 22.7 Å². The first kappa shape index (κ1) is 16.7. The number of H-pyrrole nitrogens is 1. The van der Waals surface area contributed by atoms with Crippen LogP contribution in [0, 0.1) is 6.92 Å². The lowest BCUT2D eigenvalue weighted by atomic mass is 10.1. The van der Waals surface area contributed by atoms with E-state index in [4.69, 9.17) is 4.74 Å². The average Bonchev–Trinajstić information content (AvgIpc) is 3.27. The van der Waals surface area contributed by atoms with Crippen LogP contribution in [0.2, 0.25) is 0 Å². The van der Waals surface area contributed by atoms with Gasteiger partial charge >= 0.3 is 5.97 Å². The van der Waals surface area contributed by atoms with Gasteiger partial charge in [0.15, 0.2) is 0 Å². The number of ether oxygens (including phenoxy) is 1. The molecule has 0 spiro atoms. The van der Waals surface area contributed by atoms with E-state index in [0.29, 0.717) is 20.9 Å². The number of thiophene rings is 2. The molecule has 1 N–H and O–H groups in total. The van der Waals surface area contributed by atoms with Crippen molar-refractivity contribution in [1.29, 1.82) is 0 Å². The number of carbonyl (C=O) groups excluding carboxylic acids is 1. The zero-order chi connectivity index (χ0) is 18.1. The highest BCUT2D eigenvalue weighted by Crippen LogP contribution is 2.30. The highest BCUT2D eigenvalue weighted by Gasteiger charge is 2.14. The molecule has 0 radical (unpaired) electrons. The summed E-state index contributed by atoms with van der Waals surface area (Å²) in [5.41, 5.74) is 1.60. The van der Waals surface area contributed by atoms with Gasteiger partial charge in [0.25, 0.3) is 5.56 Å². The number of benzene rings is 1. The first-order chi connectivity index (χ1) is 12.6. The Morgan fingerprint density at radius 1 is 1.19 bits per heavy atom. The predicted octanol–water partition coefficient (Wildman–Crippen LogP) is 4.38. The molecule has 0 fully saturated rings. The summed E-state index contributed by atoms with van der Waals surface area (Å²) < 4.78 is 5.27. The molecule has 4 rings (SSSR count).